The SMILES string of the molecule is CCOC(=O)C1=NN(c2ccccc2)[C@H](c2nc(C(C)(C)C)no2)C1. The molecule has 0 radical (unpaired) electrons. The zero-order valence-corrected chi connectivity index (χ0v) is 14.9. The van der Waals surface area contributed by atoms with Crippen LogP contribution in [0.2, 0.25) is 0 Å². The number of para-hydroxylation sites is 1. The summed E-state index contributed by atoms with van der Waals surface area (Å²) in [6, 6.07) is 9.27. The Kier molecular flexibility index (Phi) is 4.57. The van der Waals surface area contributed by atoms with E-state index in [0.717, 1.165) is 5.69 Å². The third-order valence-electron chi connectivity index (χ3n) is 3.84. The minimum absolute atomic E-state index is 0.219. The molecule has 25 heavy (non-hydrogen) atoms. The molecular formula is C18H22N4O3. The van der Waals surface area contributed by atoms with Crippen molar-refractivity contribution >= 4 is 17.4 Å². The van der Waals surface area contributed by atoms with Gasteiger partial charge in [-0.25, -0.2) is 4.79 Å². The third-order valence-corrected chi connectivity index (χ3v) is 3.84. The molecule has 7 heteroatoms. The molecular weight excluding hydrogens is 320 g/mol. The molecule has 0 N–H and O–H groups in total. The van der Waals surface area contributed by atoms with Crippen LogP contribution in [0.4, 0.5) is 5.69 Å². The summed E-state index contributed by atoms with van der Waals surface area (Å²) in [6.07, 6.45) is 0.361. The Morgan fingerprint density at radius 3 is 2.64 bits per heavy atom. The number of carbonyl (C=O) groups excluding carboxylic acids is 1. The molecule has 0 saturated heterocycles. The molecule has 0 saturated carbocycles. The van der Waals surface area contributed by atoms with Crippen LogP contribution in [0, 0.1) is 0 Å². The molecule has 2 heterocycles. The van der Waals surface area contributed by atoms with Gasteiger partial charge in [0.15, 0.2) is 5.82 Å². The third kappa shape index (κ3) is 3.55. The van der Waals surface area contributed by atoms with Gasteiger partial charge in [0.2, 0.25) is 0 Å². The average molecular weight is 342 g/mol. The molecule has 0 aliphatic carbocycles. The highest BCUT2D eigenvalue weighted by Gasteiger charge is 2.37. The summed E-state index contributed by atoms with van der Waals surface area (Å²) in [5.41, 5.74) is 0.983. The second-order valence-electron chi connectivity index (χ2n) is 6.87. The fourth-order valence-corrected chi connectivity index (χ4v) is 2.53. The van der Waals surface area contributed by atoms with E-state index in [9.17, 15) is 4.79 Å². The molecule has 1 aliphatic rings. The van der Waals surface area contributed by atoms with Crippen LogP contribution in [0.15, 0.2) is 40.0 Å². The monoisotopic (exact) mass is 342 g/mol. The molecule has 7 nitrogen and oxygen atoms in total. The summed E-state index contributed by atoms with van der Waals surface area (Å²) in [5, 5.41) is 10.3. The van der Waals surface area contributed by atoms with Crippen LogP contribution in [-0.4, -0.2) is 28.4 Å². The number of carbonyl (C=O) groups is 1. The molecule has 1 atom stereocenters. The van der Waals surface area contributed by atoms with Gasteiger partial charge in [-0.15, -0.1) is 0 Å². The standard InChI is InChI=1S/C18H22N4O3/c1-5-24-16(23)13-11-14(15-19-17(21-25-15)18(2,3)4)22(20-13)12-9-7-6-8-10-12/h6-10,14H,5,11H2,1-4H3/t14-/m0/s1. The zero-order chi connectivity index (χ0) is 18.0. The topological polar surface area (TPSA) is 80.8 Å². The molecule has 0 unspecified atom stereocenters. The summed E-state index contributed by atoms with van der Waals surface area (Å²) in [5.74, 6) is 0.651. The lowest BCUT2D eigenvalue weighted by molar-refractivity contribution is -0.135. The molecule has 1 aliphatic heterocycles. The number of aromatic nitrogens is 2. The second-order valence-corrected chi connectivity index (χ2v) is 6.87. The molecule has 0 fully saturated rings. The summed E-state index contributed by atoms with van der Waals surface area (Å²) >= 11 is 0. The summed E-state index contributed by atoms with van der Waals surface area (Å²) in [6.45, 7) is 8.14. The number of rotatable bonds is 4. The number of ether oxygens (including phenoxy) is 1. The average Bonchev–Trinajstić information content (AvgIpc) is 3.22. The number of esters is 1. The lowest BCUT2D eigenvalue weighted by Crippen LogP contribution is -2.20. The lowest BCUT2D eigenvalue weighted by atomic mass is 9.96. The maximum Gasteiger partial charge on any atom is 0.354 e. The Labute approximate surface area is 146 Å². The van der Waals surface area contributed by atoms with Crippen LogP contribution < -0.4 is 5.01 Å². The zero-order valence-electron chi connectivity index (χ0n) is 14.9. The fourth-order valence-electron chi connectivity index (χ4n) is 2.53. The molecule has 3 rings (SSSR count). The number of benzene rings is 1. The highest BCUT2D eigenvalue weighted by Crippen LogP contribution is 2.35. The van der Waals surface area contributed by atoms with E-state index in [0.29, 0.717) is 30.5 Å². The number of hydrogen-bond donors (Lipinski definition) is 0. The van der Waals surface area contributed by atoms with Gasteiger partial charge < -0.3 is 9.26 Å². The summed E-state index contributed by atoms with van der Waals surface area (Å²) in [7, 11) is 0. The largest absolute Gasteiger partial charge is 0.461 e. The Hall–Kier alpha value is -2.70. The van der Waals surface area contributed by atoms with Gasteiger partial charge in [0.1, 0.15) is 11.8 Å². The van der Waals surface area contributed by atoms with Crippen molar-refractivity contribution in [3.05, 3.63) is 42.0 Å². The van der Waals surface area contributed by atoms with E-state index in [4.69, 9.17) is 9.26 Å². The number of nitrogens with zero attached hydrogens (tertiary/aromatic N) is 4. The Morgan fingerprint density at radius 2 is 2.04 bits per heavy atom. The van der Waals surface area contributed by atoms with E-state index < -0.39 is 5.97 Å². The van der Waals surface area contributed by atoms with Crippen molar-refractivity contribution in [3.63, 3.8) is 0 Å². The van der Waals surface area contributed by atoms with E-state index >= 15 is 0 Å². The molecule has 1 aromatic heterocycles. The quantitative estimate of drug-likeness (QED) is 0.794. The van der Waals surface area contributed by atoms with Crippen molar-refractivity contribution in [1.82, 2.24) is 10.1 Å². The van der Waals surface area contributed by atoms with Crippen LogP contribution in [0.5, 0.6) is 0 Å². The number of anilines is 1. The van der Waals surface area contributed by atoms with Gasteiger partial charge in [-0.3, -0.25) is 5.01 Å². The van der Waals surface area contributed by atoms with Crippen LogP contribution in [0.3, 0.4) is 0 Å². The van der Waals surface area contributed by atoms with Gasteiger partial charge >= 0.3 is 5.97 Å². The number of hydrazone groups is 1. The molecule has 0 bridgehead atoms. The summed E-state index contributed by atoms with van der Waals surface area (Å²) < 4.78 is 10.6. The number of hydrogen-bond acceptors (Lipinski definition) is 7. The highest BCUT2D eigenvalue weighted by molar-refractivity contribution is 6.37. The van der Waals surface area contributed by atoms with Gasteiger partial charge in [-0.1, -0.05) is 44.1 Å². The van der Waals surface area contributed by atoms with Crippen LogP contribution in [0.25, 0.3) is 0 Å². The summed E-state index contributed by atoms with van der Waals surface area (Å²) in [4.78, 5) is 16.7. The molecule has 0 amide bonds. The smallest absolute Gasteiger partial charge is 0.354 e. The lowest BCUT2D eigenvalue weighted by Gasteiger charge is -2.20. The molecule has 2 aromatic rings. The maximum absolute atomic E-state index is 12.1. The predicted molar refractivity (Wildman–Crippen MR) is 93.3 cm³/mol. The first kappa shape index (κ1) is 17.1. The molecule has 132 valence electrons. The van der Waals surface area contributed by atoms with Crippen molar-refractivity contribution < 1.29 is 14.1 Å². The van der Waals surface area contributed by atoms with Crippen molar-refractivity contribution in [3.8, 4) is 0 Å². The van der Waals surface area contributed by atoms with Crippen molar-refractivity contribution in [2.24, 2.45) is 5.10 Å². The van der Waals surface area contributed by atoms with E-state index in [2.05, 4.69) is 15.2 Å². The van der Waals surface area contributed by atoms with Crippen molar-refractivity contribution in [2.45, 2.75) is 45.6 Å². The van der Waals surface area contributed by atoms with E-state index in [1.807, 2.05) is 51.1 Å². The van der Waals surface area contributed by atoms with E-state index in [-0.39, 0.29) is 11.5 Å². The Bertz CT molecular complexity index is 777. The van der Waals surface area contributed by atoms with Crippen molar-refractivity contribution in [1.29, 1.82) is 0 Å². The first-order valence-corrected chi connectivity index (χ1v) is 8.33. The van der Waals surface area contributed by atoms with Crippen LogP contribution in [0.1, 0.15) is 51.9 Å². The van der Waals surface area contributed by atoms with Gasteiger partial charge in [0.05, 0.1) is 12.3 Å². The van der Waals surface area contributed by atoms with Crippen LogP contribution in [-0.2, 0) is 14.9 Å². The second kappa shape index (κ2) is 6.66. The van der Waals surface area contributed by atoms with Crippen molar-refractivity contribution in [2.75, 3.05) is 11.6 Å². The van der Waals surface area contributed by atoms with E-state index in [1.54, 1.807) is 11.9 Å². The first-order valence-electron chi connectivity index (χ1n) is 8.33. The maximum atomic E-state index is 12.1. The molecule has 1 aromatic carbocycles. The van der Waals surface area contributed by atoms with Gasteiger partial charge in [0.25, 0.3) is 5.89 Å². The fraction of sp³-hybridized carbons (Fsp3) is 0.444. The highest BCUT2D eigenvalue weighted by atomic mass is 16.5. The first-order chi connectivity index (χ1) is 11.9. The Morgan fingerprint density at radius 1 is 1.32 bits per heavy atom. The molecule has 0 spiro atoms. The van der Waals surface area contributed by atoms with E-state index in [1.165, 1.54) is 0 Å². The van der Waals surface area contributed by atoms with Gasteiger partial charge in [-0.05, 0) is 19.1 Å². The van der Waals surface area contributed by atoms with Gasteiger partial charge in [-0.2, -0.15) is 10.1 Å². The predicted octanol–water partition coefficient (Wildman–Crippen LogP) is 3.24. The van der Waals surface area contributed by atoms with Gasteiger partial charge in [0, 0.05) is 11.8 Å². The normalized spacial score (nSPS) is 17.5. The van der Waals surface area contributed by atoms with Crippen LogP contribution >= 0.6 is 0 Å². The minimum Gasteiger partial charge on any atom is -0.461 e. The Balaban J connectivity index is 1.94. The minimum atomic E-state index is -0.415.